The van der Waals surface area contributed by atoms with Crippen LogP contribution in [0.5, 0.6) is 0 Å². The molecule has 0 aliphatic heterocycles. The summed E-state index contributed by atoms with van der Waals surface area (Å²) in [4.78, 5) is 21.9. The van der Waals surface area contributed by atoms with E-state index in [-0.39, 0.29) is 11.3 Å². The third-order valence-electron chi connectivity index (χ3n) is 2.71. The molecule has 1 aliphatic carbocycles. The second kappa shape index (κ2) is 4.31. The van der Waals surface area contributed by atoms with E-state index >= 15 is 0 Å². The molecule has 0 radical (unpaired) electrons. The molecule has 1 N–H and O–H groups in total. The number of aromatic carboxylic acids is 1. The van der Waals surface area contributed by atoms with Crippen LogP contribution in [0.25, 0.3) is 5.57 Å². The molecule has 0 unspecified atom stereocenters. The average Bonchev–Trinajstić information content (AvgIpc) is 2.29. The summed E-state index contributed by atoms with van der Waals surface area (Å²) in [6.45, 7) is 0. The molecule has 0 bridgehead atoms. The van der Waals surface area contributed by atoms with Crippen molar-refractivity contribution < 1.29 is 14.7 Å². The first kappa shape index (κ1) is 10.6. The fourth-order valence-corrected chi connectivity index (χ4v) is 1.85. The highest BCUT2D eigenvalue weighted by Crippen LogP contribution is 2.25. The molecule has 3 nitrogen and oxygen atoms in total. The number of carboxylic acid groups (broad SMARTS) is 1. The van der Waals surface area contributed by atoms with Crippen LogP contribution >= 0.6 is 0 Å². The Labute approximate surface area is 93.4 Å². The van der Waals surface area contributed by atoms with Crippen molar-refractivity contribution in [2.24, 2.45) is 0 Å². The highest BCUT2D eigenvalue weighted by atomic mass is 16.4. The number of carbonyl (C=O) groups excluding carboxylic acids is 1. The topological polar surface area (TPSA) is 54.4 Å². The van der Waals surface area contributed by atoms with E-state index in [2.05, 4.69) is 0 Å². The minimum Gasteiger partial charge on any atom is -0.478 e. The van der Waals surface area contributed by atoms with Crippen molar-refractivity contribution in [3.8, 4) is 0 Å². The fourth-order valence-electron chi connectivity index (χ4n) is 1.85. The summed E-state index contributed by atoms with van der Waals surface area (Å²) in [6, 6.07) is 6.65. The van der Waals surface area contributed by atoms with E-state index in [0.29, 0.717) is 6.42 Å². The van der Waals surface area contributed by atoms with Crippen molar-refractivity contribution in [3.63, 3.8) is 0 Å². The Morgan fingerprint density at radius 1 is 1.12 bits per heavy atom. The highest BCUT2D eigenvalue weighted by molar-refractivity contribution is 5.98. The maximum atomic E-state index is 11.3. The van der Waals surface area contributed by atoms with Crippen molar-refractivity contribution in [2.75, 3.05) is 0 Å². The molecule has 0 heterocycles. The number of hydrogen-bond acceptors (Lipinski definition) is 2. The molecule has 0 saturated carbocycles. The summed E-state index contributed by atoms with van der Waals surface area (Å²) in [5, 5.41) is 8.76. The van der Waals surface area contributed by atoms with E-state index in [9.17, 15) is 9.59 Å². The predicted octanol–water partition coefficient (Wildman–Crippen LogP) is 2.52. The lowest BCUT2D eigenvalue weighted by Gasteiger charge is -2.12. The van der Waals surface area contributed by atoms with Crippen LogP contribution in [0.3, 0.4) is 0 Å². The van der Waals surface area contributed by atoms with Gasteiger partial charge in [-0.1, -0.05) is 12.1 Å². The largest absolute Gasteiger partial charge is 0.478 e. The Morgan fingerprint density at radius 2 is 1.81 bits per heavy atom. The zero-order chi connectivity index (χ0) is 11.5. The van der Waals surface area contributed by atoms with Crippen molar-refractivity contribution >= 4 is 17.3 Å². The van der Waals surface area contributed by atoms with Crippen molar-refractivity contribution in [1.29, 1.82) is 0 Å². The lowest BCUT2D eigenvalue weighted by Crippen LogP contribution is -2.02. The molecule has 1 aliphatic rings. The molecule has 3 heteroatoms. The standard InChI is InChI=1S/C13H12O3/c14-12-3-1-2-11(8-12)9-4-6-10(7-5-9)13(15)16/h4-8H,1-3H2,(H,15,16). The first-order valence-electron chi connectivity index (χ1n) is 5.24. The van der Waals surface area contributed by atoms with Gasteiger partial charge < -0.3 is 5.11 Å². The van der Waals surface area contributed by atoms with Gasteiger partial charge in [-0.2, -0.15) is 0 Å². The summed E-state index contributed by atoms with van der Waals surface area (Å²) in [7, 11) is 0. The van der Waals surface area contributed by atoms with E-state index in [1.807, 2.05) is 0 Å². The fraction of sp³-hybridized carbons (Fsp3) is 0.231. The van der Waals surface area contributed by atoms with Gasteiger partial charge in [0.05, 0.1) is 5.56 Å². The summed E-state index contributed by atoms with van der Waals surface area (Å²) < 4.78 is 0. The Balaban J connectivity index is 2.28. The first-order valence-corrected chi connectivity index (χ1v) is 5.24. The number of rotatable bonds is 2. The number of hydrogen-bond donors (Lipinski definition) is 1. The van der Waals surface area contributed by atoms with Gasteiger partial charge in [-0.15, -0.1) is 0 Å². The molecular formula is C13H12O3. The summed E-state index contributed by atoms with van der Waals surface area (Å²) in [5.74, 6) is -0.774. The van der Waals surface area contributed by atoms with Gasteiger partial charge >= 0.3 is 5.97 Å². The van der Waals surface area contributed by atoms with E-state index in [1.54, 1.807) is 30.3 Å². The molecule has 0 amide bonds. The quantitative estimate of drug-likeness (QED) is 0.826. The van der Waals surface area contributed by atoms with Crippen LogP contribution in [-0.4, -0.2) is 16.9 Å². The smallest absolute Gasteiger partial charge is 0.335 e. The molecule has 0 atom stereocenters. The predicted molar refractivity (Wildman–Crippen MR) is 60.2 cm³/mol. The third kappa shape index (κ3) is 2.19. The van der Waals surface area contributed by atoms with Crippen molar-refractivity contribution in [3.05, 3.63) is 41.5 Å². The second-order valence-corrected chi connectivity index (χ2v) is 3.87. The van der Waals surface area contributed by atoms with Crippen LogP contribution < -0.4 is 0 Å². The molecular weight excluding hydrogens is 204 g/mol. The molecule has 0 aromatic heterocycles. The summed E-state index contributed by atoms with van der Waals surface area (Å²) >= 11 is 0. The SMILES string of the molecule is O=C1C=C(c2ccc(C(=O)O)cc2)CCC1. The number of ketones is 1. The molecule has 0 fully saturated rings. The van der Waals surface area contributed by atoms with Crippen LogP contribution in [0.15, 0.2) is 30.3 Å². The van der Waals surface area contributed by atoms with E-state index in [4.69, 9.17) is 5.11 Å². The number of carboxylic acids is 1. The van der Waals surface area contributed by atoms with Crippen LogP contribution in [0.2, 0.25) is 0 Å². The van der Waals surface area contributed by atoms with E-state index in [0.717, 1.165) is 24.0 Å². The van der Waals surface area contributed by atoms with Gasteiger partial charge in [0.2, 0.25) is 0 Å². The lowest BCUT2D eigenvalue weighted by atomic mass is 9.92. The minimum atomic E-state index is -0.930. The Morgan fingerprint density at radius 3 is 2.38 bits per heavy atom. The van der Waals surface area contributed by atoms with Gasteiger partial charge in [-0.25, -0.2) is 4.79 Å². The summed E-state index contributed by atoms with van der Waals surface area (Å²) in [6.07, 6.45) is 4.06. The zero-order valence-electron chi connectivity index (χ0n) is 8.77. The van der Waals surface area contributed by atoms with Gasteiger partial charge in [0.1, 0.15) is 0 Å². The lowest BCUT2D eigenvalue weighted by molar-refractivity contribution is -0.114. The third-order valence-corrected chi connectivity index (χ3v) is 2.71. The Kier molecular flexibility index (Phi) is 2.86. The van der Waals surface area contributed by atoms with Gasteiger partial charge in [0, 0.05) is 6.42 Å². The normalized spacial score (nSPS) is 15.8. The highest BCUT2D eigenvalue weighted by Gasteiger charge is 2.11. The molecule has 1 aromatic carbocycles. The number of carbonyl (C=O) groups is 2. The summed E-state index contributed by atoms with van der Waals surface area (Å²) in [5.41, 5.74) is 2.22. The monoisotopic (exact) mass is 216 g/mol. The molecule has 2 rings (SSSR count). The van der Waals surface area contributed by atoms with Crippen LogP contribution in [0.4, 0.5) is 0 Å². The van der Waals surface area contributed by atoms with Gasteiger partial charge in [-0.05, 0) is 42.2 Å². The molecule has 82 valence electrons. The molecule has 0 spiro atoms. The van der Waals surface area contributed by atoms with E-state index in [1.165, 1.54) is 0 Å². The molecule has 16 heavy (non-hydrogen) atoms. The van der Waals surface area contributed by atoms with Crippen LogP contribution in [-0.2, 0) is 4.79 Å². The number of allylic oxidation sites excluding steroid dienone is 2. The van der Waals surface area contributed by atoms with Crippen molar-refractivity contribution in [2.45, 2.75) is 19.3 Å². The Hall–Kier alpha value is -1.90. The Bertz CT molecular complexity index is 455. The maximum Gasteiger partial charge on any atom is 0.335 e. The average molecular weight is 216 g/mol. The minimum absolute atomic E-state index is 0.156. The first-order chi connectivity index (χ1) is 7.66. The maximum absolute atomic E-state index is 11.3. The second-order valence-electron chi connectivity index (χ2n) is 3.87. The number of benzene rings is 1. The van der Waals surface area contributed by atoms with Gasteiger partial charge in [-0.3, -0.25) is 4.79 Å². The van der Waals surface area contributed by atoms with E-state index < -0.39 is 5.97 Å². The van der Waals surface area contributed by atoms with Gasteiger partial charge in [0.25, 0.3) is 0 Å². The van der Waals surface area contributed by atoms with Gasteiger partial charge in [0.15, 0.2) is 5.78 Å². The molecule has 0 saturated heterocycles. The van der Waals surface area contributed by atoms with Crippen molar-refractivity contribution in [1.82, 2.24) is 0 Å². The molecule has 1 aromatic rings. The zero-order valence-corrected chi connectivity index (χ0v) is 8.77. The van der Waals surface area contributed by atoms with Crippen LogP contribution in [0.1, 0.15) is 35.2 Å². The van der Waals surface area contributed by atoms with Crippen LogP contribution in [0, 0.1) is 0 Å².